The Bertz CT molecular complexity index is 182. The van der Waals surface area contributed by atoms with Gasteiger partial charge in [0.2, 0.25) is 0 Å². The molecule has 0 aliphatic heterocycles. The van der Waals surface area contributed by atoms with E-state index < -0.39 is 10.4 Å². The number of allylic oxidation sites excluding steroid dienone is 1. The quantitative estimate of drug-likeness (QED) is 0.187. The minimum atomic E-state index is -4.57. The first-order chi connectivity index (χ1) is 3.42. The summed E-state index contributed by atoms with van der Waals surface area (Å²) < 4.78 is 32.5. The third kappa shape index (κ3) is 11.8. The van der Waals surface area contributed by atoms with Gasteiger partial charge in [0, 0.05) is 0 Å². The topological polar surface area (TPSA) is 66.4 Å². The molecule has 0 rings (SSSR count). The fourth-order valence-electron chi connectivity index (χ4n) is 0.174. The summed E-state index contributed by atoms with van der Waals surface area (Å²) in [6, 6.07) is 0. The SMILES string of the molecule is C=C(C)OS(=O)(=O)[O-].[Na+]. The minimum Gasteiger partial charge on any atom is -0.716 e. The molecule has 4 nitrogen and oxygen atoms in total. The van der Waals surface area contributed by atoms with Gasteiger partial charge in [-0.3, -0.25) is 0 Å². The number of hydrogen-bond donors (Lipinski definition) is 0. The molecule has 0 aromatic rings. The molecule has 0 aromatic carbocycles. The number of rotatable bonds is 2. The van der Waals surface area contributed by atoms with Gasteiger partial charge in [-0.2, -0.15) is 0 Å². The average molecular weight is 160 g/mol. The van der Waals surface area contributed by atoms with Crippen molar-refractivity contribution in [1.82, 2.24) is 0 Å². The second kappa shape index (κ2) is 4.29. The molecule has 48 valence electrons. The molecule has 0 saturated carbocycles. The van der Waals surface area contributed by atoms with Crippen LogP contribution in [0.5, 0.6) is 0 Å². The molecule has 0 unspecified atom stereocenters. The normalized spacial score (nSPS) is 9.56. The van der Waals surface area contributed by atoms with E-state index in [0.717, 1.165) is 0 Å². The van der Waals surface area contributed by atoms with Gasteiger partial charge in [0.25, 0.3) is 10.4 Å². The van der Waals surface area contributed by atoms with E-state index >= 15 is 0 Å². The van der Waals surface area contributed by atoms with Crippen LogP contribution in [0.25, 0.3) is 0 Å². The molecule has 0 bridgehead atoms. The third-order valence-electron chi connectivity index (χ3n) is 0.244. The Kier molecular flexibility index (Phi) is 5.80. The Morgan fingerprint density at radius 3 is 2.00 bits per heavy atom. The van der Waals surface area contributed by atoms with Crippen LogP contribution in [0.2, 0.25) is 0 Å². The molecule has 0 amide bonds. The summed E-state index contributed by atoms with van der Waals surface area (Å²) in [6.07, 6.45) is 0. The molecule has 0 spiro atoms. The molecule has 6 heteroatoms. The molecule has 0 heterocycles. The van der Waals surface area contributed by atoms with E-state index in [1.54, 1.807) is 0 Å². The van der Waals surface area contributed by atoms with Crippen LogP contribution in [-0.4, -0.2) is 13.0 Å². The van der Waals surface area contributed by atoms with E-state index in [1.807, 2.05) is 0 Å². The molecule has 0 aliphatic rings. The predicted molar refractivity (Wildman–Crippen MR) is 25.6 cm³/mol. The van der Waals surface area contributed by atoms with Crippen LogP contribution in [0.1, 0.15) is 6.92 Å². The average Bonchev–Trinajstić information content (AvgIpc) is 1.21. The number of hydrogen-bond acceptors (Lipinski definition) is 4. The molecular weight excluding hydrogens is 155 g/mol. The molecule has 0 fully saturated rings. The first kappa shape index (κ1) is 12.2. The summed E-state index contributed by atoms with van der Waals surface area (Å²) in [7, 11) is -4.57. The second-order valence-electron chi connectivity index (χ2n) is 1.19. The summed E-state index contributed by atoms with van der Waals surface area (Å²) in [5.41, 5.74) is 0. The zero-order valence-corrected chi connectivity index (χ0v) is 8.06. The van der Waals surface area contributed by atoms with Gasteiger partial charge in [-0.05, 0) is 6.92 Å². The van der Waals surface area contributed by atoms with Crippen LogP contribution in [0.4, 0.5) is 0 Å². The molecule has 0 N–H and O–H groups in total. The van der Waals surface area contributed by atoms with Gasteiger partial charge in [-0.15, -0.1) is 0 Å². The predicted octanol–water partition coefficient (Wildman–Crippen LogP) is -3.00. The second-order valence-corrected chi connectivity index (χ2v) is 2.18. The maximum absolute atomic E-state index is 9.60. The largest absolute Gasteiger partial charge is 1.00 e. The first-order valence-corrected chi connectivity index (χ1v) is 3.06. The van der Waals surface area contributed by atoms with Gasteiger partial charge in [-0.25, -0.2) is 8.42 Å². The van der Waals surface area contributed by atoms with Crippen molar-refractivity contribution in [3.8, 4) is 0 Å². The van der Waals surface area contributed by atoms with Crippen molar-refractivity contribution < 1.29 is 46.7 Å². The van der Waals surface area contributed by atoms with Gasteiger partial charge in [0.15, 0.2) is 0 Å². The van der Waals surface area contributed by atoms with Crippen LogP contribution in [0.3, 0.4) is 0 Å². The molecular formula is C3H5NaO4S. The van der Waals surface area contributed by atoms with E-state index in [4.69, 9.17) is 0 Å². The van der Waals surface area contributed by atoms with E-state index in [2.05, 4.69) is 10.8 Å². The standard InChI is InChI=1S/C3H6O4S.Na/c1-3(2)7-8(4,5)6;/h1H2,2H3,(H,4,5,6);/q;+1/p-1. The first-order valence-electron chi connectivity index (χ1n) is 1.72. The van der Waals surface area contributed by atoms with Gasteiger partial charge in [-0.1, -0.05) is 6.58 Å². The maximum Gasteiger partial charge on any atom is 1.00 e. The Morgan fingerprint density at radius 2 is 2.00 bits per heavy atom. The van der Waals surface area contributed by atoms with Crippen LogP contribution in [0.15, 0.2) is 12.3 Å². The smallest absolute Gasteiger partial charge is 0.716 e. The van der Waals surface area contributed by atoms with Gasteiger partial charge in [0.05, 0.1) is 0 Å². The van der Waals surface area contributed by atoms with Crippen LogP contribution in [-0.2, 0) is 14.6 Å². The Morgan fingerprint density at radius 1 is 1.67 bits per heavy atom. The third-order valence-corrected chi connectivity index (χ3v) is 0.733. The molecule has 0 aromatic heterocycles. The van der Waals surface area contributed by atoms with Gasteiger partial charge in [0.1, 0.15) is 5.76 Å². The summed E-state index contributed by atoms with van der Waals surface area (Å²) in [6.45, 7) is 4.31. The van der Waals surface area contributed by atoms with Crippen molar-refractivity contribution in [1.29, 1.82) is 0 Å². The molecule has 0 aliphatic carbocycles. The van der Waals surface area contributed by atoms with Crippen molar-refractivity contribution >= 4 is 10.4 Å². The van der Waals surface area contributed by atoms with Crippen molar-refractivity contribution in [2.24, 2.45) is 0 Å². The van der Waals surface area contributed by atoms with E-state index in [0.29, 0.717) is 0 Å². The van der Waals surface area contributed by atoms with Crippen LogP contribution < -0.4 is 29.6 Å². The van der Waals surface area contributed by atoms with Crippen molar-refractivity contribution in [2.45, 2.75) is 6.92 Å². The summed E-state index contributed by atoms with van der Waals surface area (Å²) in [5.74, 6) is -0.125. The molecule has 0 radical (unpaired) electrons. The Hall–Kier alpha value is 0.450. The monoisotopic (exact) mass is 160 g/mol. The Balaban J connectivity index is 0. The van der Waals surface area contributed by atoms with Crippen molar-refractivity contribution in [3.63, 3.8) is 0 Å². The molecule has 9 heavy (non-hydrogen) atoms. The van der Waals surface area contributed by atoms with Gasteiger partial charge >= 0.3 is 29.6 Å². The summed E-state index contributed by atoms with van der Waals surface area (Å²) in [5, 5.41) is 0. The fourth-order valence-corrected chi connectivity index (χ4v) is 0.523. The molecule has 0 atom stereocenters. The van der Waals surface area contributed by atoms with Crippen molar-refractivity contribution in [3.05, 3.63) is 12.3 Å². The van der Waals surface area contributed by atoms with Crippen LogP contribution >= 0.6 is 0 Å². The van der Waals surface area contributed by atoms with E-state index in [9.17, 15) is 13.0 Å². The zero-order chi connectivity index (χ0) is 6.78. The maximum atomic E-state index is 9.60. The van der Waals surface area contributed by atoms with E-state index in [-0.39, 0.29) is 35.3 Å². The Labute approximate surface area is 76.1 Å². The zero-order valence-electron chi connectivity index (χ0n) is 5.25. The van der Waals surface area contributed by atoms with Crippen LogP contribution in [0, 0.1) is 0 Å². The van der Waals surface area contributed by atoms with Crippen molar-refractivity contribution in [2.75, 3.05) is 0 Å². The fraction of sp³-hybridized carbons (Fsp3) is 0.333. The minimum absolute atomic E-state index is 0. The molecule has 0 saturated heterocycles. The van der Waals surface area contributed by atoms with Gasteiger partial charge < -0.3 is 8.74 Å². The van der Waals surface area contributed by atoms with E-state index in [1.165, 1.54) is 6.92 Å². The summed E-state index contributed by atoms with van der Waals surface area (Å²) >= 11 is 0. The summed E-state index contributed by atoms with van der Waals surface area (Å²) in [4.78, 5) is 0.